The van der Waals surface area contributed by atoms with E-state index in [2.05, 4.69) is 4.98 Å². The minimum absolute atomic E-state index is 0.420. The third-order valence-electron chi connectivity index (χ3n) is 2.49. The monoisotopic (exact) mass is 276 g/mol. The van der Waals surface area contributed by atoms with Crippen molar-refractivity contribution in [2.24, 2.45) is 0 Å². The molecule has 1 aliphatic heterocycles. The van der Waals surface area contributed by atoms with Crippen molar-refractivity contribution in [3.8, 4) is 0 Å². The van der Waals surface area contributed by atoms with Crippen molar-refractivity contribution < 1.29 is 12.8 Å². The zero-order valence-corrected chi connectivity index (χ0v) is 10.8. The topological polar surface area (TPSA) is 50.3 Å². The van der Waals surface area contributed by atoms with Crippen LogP contribution in [0.4, 0.5) is 4.39 Å². The summed E-state index contributed by atoms with van der Waals surface area (Å²) in [7, 11) is -3.78. The van der Waals surface area contributed by atoms with Crippen molar-refractivity contribution in [2.45, 2.75) is 11.4 Å². The maximum atomic E-state index is 13.5. The van der Waals surface area contributed by atoms with Crippen molar-refractivity contribution in [3.05, 3.63) is 24.1 Å². The van der Waals surface area contributed by atoms with Gasteiger partial charge in [-0.05, 0) is 24.3 Å². The van der Waals surface area contributed by atoms with Crippen LogP contribution in [0.1, 0.15) is 6.42 Å². The predicted octanol–water partition coefficient (Wildman–Crippen LogP) is 1.35. The average Bonchev–Trinajstić information content (AvgIpc) is 2.58. The summed E-state index contributed by atoms with van der Waals surface area (Å²) >= 11 is 1.71. The zero-order valence-electron chi connectivity index (χ0n) is 9.17. The highest BCUT2D eigenvalue weighted by molar-refractivity contribution is 7.99. The molecule has 2 heterocycles. The summed E-state index contributed by atoms with van der Waals surface area (Å²) in [6, 6.07) is 2.50. The highest BCUT2D eigenvalue weighted by Crippen LogP contribution is 2.20. The second kappa shape index (κ2) is 5.32. The molecule has 94 valence electrons. The Morgan fingerprint density at radius 3 is 2.94 bits per heavy atom. The summed E-state index contributed by atoms with van der Waals surface area (Å²) in [6.07, 6.45) is 2.08. The molecule has 17 heavy (non-hydrogen) atoms. The minimum Gasteiger partial charge on any atom is -0.241 e. The molecule has 0 aliphatic carbocycles. The summed E-state index contributed by atoms with van der Waals surface area (Å²) in [6.45, 7) is 0.856. The van der Waals surface area contributed by atoms with Crippen LogP contribution in [0, 0.1) is 5.82 Å². The fourth-order valence-electron chi connectivity index (χ4n) is 1.65. The van der Waals surface area contributed by atoms with Crippen LogP contribution < -0.4 is 0 Å². The number of rotatable bonds is 2. The number of hydrogen-bond acceptors (Lipinski definition) is 4. The molecule has 0 aromatic carbocycles. The number of aromatic nitrogens is 1. The molecule has 1 aromatic heterocycles. The van der Waals surface area contributed by atoms with E-state index in [0.29, 0.717) is 13.1 Å². The van der Waals surface area contributed by atoms with E-state index in [0.717, 1.165) is 24.0 Å². The first-order chi connectivity index (χ1) is 8.12. The number of sulfonamides is 1. The zero-order chi connectivity index (χ0) is 12.3. The molecule has 1 aliphatic rings. The molecule has 0 atom stereocenters. The quantitative estimate of drug-likeness (QED) is 0.818. The summed E-state index contributed by atoms with van der Waals surface area (Å²) in [5.74, 6) is 0.897. The number of thioether (sulfide) groups is 1. The Bertz CT molecular complexity index is 485. The molecule has 0 radical (unpaired) electrons. The van der Waals surface area contributed by atoms with Gasteiger partial charge >= 0.3 is 0 Å². The molecule has 1 saturated heterocycles. The number of halogens is 1. The van der Waals surface area contributed by atoms with E-state index in [9.17, 15) is 12.8 Å². The van der Waals surface area contributed by atoms with Crippen LogP contribution in [0.25, 0.3) is 0 Å². The molecule has 0 amide bonds. The molecule has 0 N–H and O–H groups in total. The lowest BCUT2D eigenvalue weighted by Crippen LogP contribution is -2.34. The maximum absolute atomic E-state index is 13.5. The number of pyridine rings is 1. The highest BCUT2D eigenvalue weighted by atomic mass is 32.2. The standard InChI is InChI=1S/C10H13FN2O2S2/c11-9-3-1-4-12-10(9)17(14,15)13-5-2-7-16-8-6-13/h1,3-4H,2,5-8H2. The first kappa shape index (κ1) is 12.8. The Hall–Kier alpha value is -0.660. The molecule has 2 rings (SSSR count). The predicted molar refractivity (Wildman–Crippen MR) is 64.9 cm³/mol. The Morgan fingerprint density at radius 2 is 2.18 bits per heavy atom. The van der Waals surface area contributed by atoms with Gasteiger partial charge < -0.3 is 0 Å². The smallest absolute Gasteiger partial charge is 0.241 e. The fourth-order valence-corrected chi connectivity index (χ4v) is 4.10. The third-order valence-corrected chi connectivity index (χ3v) is 5.37. The molecule has 0 saturated carbocycles. The Balaban J connectivity index is 2.32. The molecule has 1 fully saturated rings. The van der Waals surface area contributed by atoms with Gasteiger partial charge in [-0.3, -0.25) is 0 Å². The summed E-state index contributed by atoms with van der Waals surface area (Å²) in [4.78, 5) is 3.64. The first-order valence-electron chi connectivity index (χ1n) is 5.31. The van der Waals surface area contributed by atoms with Crippen LogP contribution in [-0.4, -0.2) is 42.3 Å². The SMILES string of the molecule is O=S(=O)(c1ncccc1F)N1CCCSCC1. The lowest BCUT2D eigenvalue weighted by molar-refractivity contribution is 0.426. The van der Waals surface area contributed by atoms with Gasteiger partial charge in [-0.25, -0.2) is 17.8 Å². The lowest BCUT2D eigenvalue weighted by atomic mass is 10.5. The molecular weight excluding hydrogens is 263 g/mol. The van der Waals surface area contributed by atoms with Crippen molar-refractivity contribution >= 4 is 21.8 Å². The van der Waals surface area contributed by atoms with Crippen LogP contribution in [0.5, 0.6) is 0 Å². The van der Waals surface area contributed by atoms with E-state index in [1.165, 1.54) is 16.6 Å². The fraction of sp³-hybridized carbons (Fsp3) is 0.500. The second-order valence-electron chi connectivity index (χ2n) is 3.66. The molecule has 0 unspecified atom stereocenters. The van der Waals surface area contributed by atoms with E-state index in [-0.39, 0.29) is 0 Å². The van der Waals surface area contributed by atoms with Gasteiger partial charge in [0.2, 0.25) is 5.03 Å². The normalized spacial score (nSPS) is 18.9. The van der Waals surface area contributed by atoms with E-state index in [1.807, 2.05) is 0 Å². The summed E-state index contributed by atoms with van der Waals surface area (Å²) in [5, 5.41) is -0.466. The van der Waals surface area contributed by atoms with Crippen LogP contribution in [0.3, 0.4) is 0 Å². The first-order valence-corrected chi connectivity index (χ1v) is 7.90. The van der Waals surface area contributed by atoms with Crippen LogP contribution in [0.2, 0.25) is 0 Å². The largest absolute Gasteiger partial charge is 0.263 e. The van der Waals surface area contributed by atoms with E-state index in [4.69, 9.17) is 0 Å². The van der Waals surface area contributed by atoms with Gasteiger partial charge in [-0.1, -0.05) is 0 Å². The van der Waals surface area contributed by atoms with Gasteiger partial charge in [0.05, 0.1) is 0 Å². The second-order valence-corrected chi connectivity index (χ2v) is 6.74. The van der Waals surface area contributed by atoms with Gasteiger partial charge in [0.25, 0.3) is 10.0 Å². The van der Waals surface area contributed by atoms with Gasteiger partial charge in [0, 0.05) is 25.0 Å². The van der Waals surface area contributed by atoms with E-state index in [1.54, 1.807) is 11.8 Å². The van der Waals surface area contributed by atoms with Gasteiger partial charge in [-0.2, -0.15) is 16.1 Å². The van der Waals surface area contributed by atoms with Crippen molar-refractivity contribution in [3.63, 3.8) is 0 Å². The highest BCUT2D eigenvalue weighted by Gasteiger charge is 2.29. The van der Waals surface area contributed by atoms with E-state index >= 15 is 0 Å². The third kappa shape index (κ3) is 2.78. The number of nitrogens with zero attached hydrogens (tertiary/aromatic N) is 2. The summed E-state index contributed by atoms with van der Waals surface area (Å²) in [5.41, 5.74) is 0. The van der Waals surface area contributed by atoms with Gasteiger partial charge in [-0.15, -0.1) is 0 Å². The van der Waals surface area contributed by atoms with Crippen molar-refractivity contribution in [1.29, 1.82) is 0 Å². The van der Waals surface area contributed by atoms with E-state index < -0.39 is 20.9 Å². The average molecular weight is 276 g/mol. The van der Waals surface area contributed by atoms with Gasteiger partial charge in [0.1, 0.15) is 0 Å². The van der Waals surface area contributed by atoms with Gasteiger partial charge in [0.15, 0.2) is 5.82 Å². The number of hydrogen-bond donors (Lipinski definition) is 0. The Kier molecular flexibility index (Phi) is 4.01. The Labute approximate surface area is 104 Å². The molecule has 7 heteroatoms. The molecule has 1 aromatic rings. The molecule has 4 nitrogen and oxygen atoms in total. The maximum Gasteiger partial charge on any atom is 0.263 e. The Morgan fingerprint density at radius 1 is 1.35 bits per heavy atom. The molecule has 0 spiro atoms. The van der Waals surface area contributed by atoms with Crippen LogP contribution >= 0.6 is 11.8 Å². The molecular formula is C10H13FN2O2S2. The van der Waals surface area contributed by atoms with Crippen molar-refractivity contribution in [2.75, 3.05) is 24.6 Å². The molecule has 0 bridgehead atoms. The van der Waals surface area contributed by atoms with Crippen molar-refractivity contribution in [1.82, 2.24) is 9.29 Å². The van der Waals surface area contributed by atoms with Crippen LogP contribution in [-0.2, 0) is 10.0 Å². The summed E-state index contributed by atoms with van der Waals surface area (Å²) < 4.78 is 39.1. The minimum atomic E-state index is -3.78. The lowest BCUT2D eigenvalue weighted by Gasteiger charge is -2.18. The van der Waals surface area contributed by atoms with Crippen LogP contribution in [0.15, 0.2) is 23.4 Å².